The lowest BCUT2D eigenvalue weighted by Crippen LogP contribution is -2.35. The number of hydrogen-bond donors (Lipinski definition) is 0. The van der Waals surface area contributed by atoms with Gasteiger partial charge in [-0.1, -0.05) is 42.4 Å². The van der Waals surface area contributed by atoms with Gasteiger partial charge in [0.1, 0.15) is 5.75 Å². The number of piperidine rings is 1. The summed E-state index contributed by atoms with van der Waals surface area (Å²) in [4.78, 5) is 0.255. The fourth-order valence-electron chi connectivity index (χ4n) is 3.43. The molecule has 9 heteroatoms. The molecule has 0 radical (unpaired) electrons. The molecule has 7 nitrogen and oxygen atoms in total. The van der Waals surface area contributed by atoms with Gasteiger partial charge < -0.3 is 9.15 Å². The first-order chi connectivity index (χ1) is 15.0. The van der Waals surface area contributed by atoms with E-state index in [0.29, 0.717) is 42.1 Å². The van der Waals surface area contributed by atoms with Crippen molar-refractivity contribution in [3.63, 3.8) is 0 Å². The maximum absolute atomic E-state index is 12.9. The van der Waals surface area contributed by atoms with Crippen LogP contribution in [0.1, 0.15) is 24.8 Å². The zero-order valence-electron chi connectivity index (χ0n) is 17.4. The molecule has 1 saturated heterocycles. The van der Waals surface area contributed by atoms with E-state index in [2.05, 4.69) is 10.2 Å². The van der Waals surface area contributed by atoms with E-state index in [0.717, 1.165) is 30.6 Å². The van der Waals surface area contributed by atoms with Crippen LogP contribution in [0, 0.1) is 6.92 Å². The van der Waals surface area contributed by atoms with Crippen molar-refractivity contribution in [1.82, 2.24) is 14.5 Å². The molecule has 1 aliphatic rings. The van der Waals surface area contributed by atoms with E-state index in [-0.39, 0.29) is 4.90 Å². The highest BCUT2D eigenvalue weighted by atomic mass is 32.2. The minimum Gasteiger partial charge on any atom is -0.492 e. The van der Waals surface area contributed by atoms with Crippen LogP contribution in [-0.2, 0) is 10.0 Å². The van der Waals surface area contributed by atoms with Crippen molar-refractivity contribution < 1.29 is 17.6 Å². The lowest BCUT2D eigenvalue weighted by atomic mass is 10.2. The summed E-state index contributed by atoms with van der Waals surface area (Å²) in [6, 6.07) is 14.6. The van der Waals surface area contributed by atoms with Gasteiger partial charge in [-0.25, -0.2) is 8.42 Å². The number of sulfonamides is 1. The van der Waals surface area contributed by atoms with Crippen molar-refractivity contribution in [3.8, 4) is 17.2 Å². The molecule has 0 atom stereocenters. The van der Waals surface area contributed by atoms with E-state index in [9.17, 15) is 8.42 Å². The first-order valence-electron chi connectivity index (χ1n) is 10.3. The third-order valence-corrected chi connectivity index (χ3v) is 7.78. The predicted molar refractivity (Wildman–Crippen MR) is 120 cm³/mol. The summed E-state index contributed by atoms with van der Waals surface area (Å²) in [7, 11) is -3.51. The second kappa shape index (κ2) is 9.84. The summed E-state index contributed by atoms with van der Waals surface area (Å²) in [5.41, 5.74) is 1.68. The summed E-state index contributed by atoms with van der Waals surface area (Å²) >= 11 is 1.40. The Labute approximate surface area is 186 Å². The molecule has 1 aromatic heterocycles. The molecule has 0 bridgehead atoms. The van der Waals surface area contributed by atoms with Gasteiger partial charge in [0, 0.05) is 24.4 Å². The van der Waals surface area contributed by atoms with E-state index in [1.54, 1.807) is 28.6 Å². The Balaban J connectivity index is 1.38. The average Bonchev–Trinajstić information content (AvgIpc) is 3.27. The van der Waals surface area contributed by atoms with E-state index >= 15 is 0 Å². The Hall–Kier alpha value is -2.36. The highest BCUT2D eigenvalue weighted by molar-refractivity contribution is 7.99. The van der Waals surface area contributed by atoms with Gasteiger partial charge >= 0.3 is 0 Å². The molecule has 0 unspecified atom stereocenters. The number of benzene rings is 2. The Bertz CT molecular complexity index is 1130. The Kier molecular flexibility index (Phi) is 6.94. The molecule has 31 heavy (non-hydrogen) atoms. The molecule has 0 aliphatic carbocycles. The maximum Gasteiger partial charge on any atom is 0.276 e. The van der Waals surface area contributed by atoms with Gasteiger partial charge in [0.15, 0.2) is 0 Å². The monoisotopic (exact) mass is 459 g/mol. The van der Waals surface area contributed by atoms with Crippen molar-refractivity contribution in [3.05, 3.63) is 54.1 Å². The second-order valence-corrected chi connectivity index (χ2v) is 10.3. The van der Waals surface area contributed by atoms with E-state index in [4.69, 9.17) is 9.15 Å². The molecule has 1 fully saturated rings. The maximum atomic E-state index is 12.9. The van der Waals surface area contributed by atoms with Gasteiger partial charge in [0.2, 0.25) is 15.9 Å². The van der Waals surface area contributed by atoms with Crippen molar-refractivity contribution in [2.24, 2.45) is 0 Å². The van der Waals surface area contributed by atoms with Gasteiger partial charge in [-0.15, -0.1) is 10.2 Å². The predicted octanol–water partition coefficient (Wildman–Crippen LogP) is 4.39. The van der Waals surface area contributed by atoms with Crippen LogP contribution in [-0.4, -0.2) is 48.4 Å². The van der Waals surface area contributed by atoms with Crippen LogP contribution in [0.2, 0.25) is 0 Å². The molecule has 0 spiro atoms. The van der Waals surface area contributed by atoms with Crippen molar-refractivity contribution in [2.75, 3.05) is 25.4 Å². The summed E-state index contributed by atoms with van der Waals surface area (Å²) in [6.07, 6.45) is 2.87. The number of para-hydroxylation sites is 1. The quantitative estimate of drug-likeness (QED) is 0.365. The lowest BCUT2D eigenvalue weighted by Gasteiger charge is -2.25. The third-order valence-electron chi connectivity index (χ3n) is 5.10. The molecule has 164 valence electrons. The number of hydrogen-bond acceptors (Lipinski definition) is 7. The molecular formula is C22H25N3O4S2. The molecule has 2 heterocycles. The highest BCUT2D eigenvalue weighted by Crippen LogP contribution is 2.27. The summed E-state index contributed by atoms with van der Waals surface area (Å²) in [5, 5.41) is 8.58. The minimum atomic E-state index is -3.51. The Morgan fingerprint density at radius 3 is 2.68 bits per heavy atom. The smallest absolute Gasteiger partial charge is 0.276 e. The van der Waals surface area contributed by atoms with E-state index in [1.165, 1.54) is 11.8 Å². The van der Waals surface area contributed by atoms with Crippen LogP contribution in [0.4, 0.5) is 0 Å². The van der Waals surface area contributed by atoms with Crippen LogP contribution in [0.5, 0.6) is 5.75 Å². The van der Waals surface area contributed by atoms with Crippen LogP contribution in [0.15, 0.2) is 63.1 Å². The normalized spacial score (nSPS) is 15.1. The zero-order chi connectivity index (χ0) is 21.7. The summed E-state index contributed by atoms with van der Waals surface area (Å²) in [5.74, 6) is 1.82. The second-order valence-electron chi connectivity index (χ2n) is 7.33. The number of ether oxygens (including phenoxy) is 1. The van der Waals surface area contributed by atoms with Crippen LogP contribution in [0.3, 0.4) is 0 Å². The SMILES string of the molecule is Cc1ccccc1OCCSc1nnc(-c2cccc(S(=O)(=O)N3CCCCC3)c2)o1. The van der Waals surface area contributed by atoms with Gasteiger partial charge in [-0.05, 0) is 49.6 Å². The topological polar surface area (TPSA) is 85.5 Å². The summed E-state index contributed by atoms with van der Waals surface area (Å²) < 4.78 is 38.9. The fourth-order valence-corrected chi connectivity index (χ4v) is 5.57. The van der Waals surface area contributed by atoms with Gasteiger partial charge in [-0.2, -0.15) is 4.31 Å². The third kappa shape index (κ3) is 5.28. The number of aromatic nitrogens is 2. The minimum absolute atomic E-state index is 0.255. The molecule has 0 amide bonds. The molecule has 4 rings (SSSR count). The first-order valence-corrected chi connectivity index (χ1v) is 12.7. The number of nitrogens with zero attached hydrogens (tertiary/aromatic N) is 3. The molecule has 0 saturated carbocycles. The molecule has 3 aromatic rings. The summed E-state index contributed by atoms with van der Waals surface area (Å²) in [6.45, 7) is 3.65. The van der Waals surface area contributed by atoms with Crippen molar-refractivity contribution >= 4 is 21.8 Å². The Morgan fingerprint density at radius 2 is 1.87 bits per heavy atom. The van der Waals surface area contributed by atoms with E-state index < -0.39 is 10.0 Å². The largest absolute Gasteiger partial charge is 0.492 e. The lowest BCUT2D eigenvalue weighted by molar-refractivity contribution is 0.341. The molecule has 2 aromatic carbocycles. The van der Waals surface area contributed by atoms with Crippen molar-refractivity contribution in [1.29, 1.82) is 0 Å². The molecule has 0 N–H and O–H groups in total. The van der Waals surface area contributed by atoms with Gasteiger partial charge in [0.05, 0.1) is 11.5 Å². The number of rotatable bonds is 8. The molecule has 1 aliphatic heterocycles. The van der Waals surface area contributed by atoms with E-state index in [1.807, 2.05) is 31.2 Å². The van der Waals surface area contributed by atoms with Crippen LogP contribution < -0.4 is 4.74 Å². The number of thioether (sulfide) groups is 1. The zero-order valence-corrected chi connectivity index (χ0v) is 19.0. The van der Waals surface area contributed by atoms with Gasteiger partial charge in [0.25, 0.3) is 5.22 Å². The Morgan fingerprint density at radius 1 is 1.06 bits per heavy atom. The first kappa shape index (κ1) is 21.9. The van der Waals surface area contributed by atoms with Crippen molar-refractivity contribution in [2.45, 2.75) is 36.3 Å². The number of aryl methyl sites for hydroxylation is 1. The van der Waals surface area contributed by atoms with Crippen LogP contribution >= 0.6 is 11.8 Å². The average molecular weight is 460 g/mol. The standard InChI is InChI=1S/C22H25N3O4S2/c1-17-8-3-4-11-20(17)28-14-15-30-22-24-23-21(29-22)18-9-7-10-19(16-18)31(26,27)25-12-5-2-6-13-25/h3-4,7-11,16H,2,5-6,12-15H2,1H3. The highest BCUT2D eigenvalue weighted by Gasteiger charge is 2.26. The fraction of sp³-hybridized carbons (Fsp3) is 0.364. The van der Waals surface area contributed by atoms with Crippen LogP contribution in [0.25, 0.3) is 11.5 Å². The van der Waals surface area contributed by atoms with Gasteiger partial charge in [-0.3, -0.25) is 0 Å². The molecular weight excluding hydrogens is 434 g/mol.